The van der Waals surface area contributed by atoms with Crippen LogP contribution in [0.5, 0.6) is 0 Å². The molecule has 0 N–H and O–H groups in total. The second-order valence-corrected chi connectivity index (χ2v) is 6.36. The Morgan fingerprint density at radius 1 is 0.905 bits per heavy atom. The fraction of sp³-hybridized carbons (Fsp3) is 0.300. The van der Waals surface area contributed by atoms with Gasteiger partial charge in [-0.2, -0.15) is 0 Å². The maximum Gasteiger partial charge on any atom is 0.126 e. The summed E-state index contributed by atoms with van der Waals surface area (Å²) in [6.07, 6.45) is 3.75. The van der Waals surface area contributed by atoms with E-state index in [1.165, 1.54) is 46.5 Å². The van der Waals surface area contributed by atoms with Gasteiger partial charge in [0.2, 0.25) is 0 Å². The normalized spacial score (nSPS) is 18.1. The molecular formula is C20H19F. The van der Waals surface area contributed by atoms with E-state index in [2.05, 4.69) is 31.2 Å². The van der Waals surface area contributed by atoms with Crippen LogP contribution < -0.4 is 0 Å². The number of halogens is 1. The van der Waals surface area contributed by atoms with E-state index < -0.39 is 0 Å². The molecule has 0 saturated heterocycles. The highest BCUT2D eigenvalue weighted by atomic mass is 19.1. The highest BCUT2D eigenvalue weighted by Gasteiger charge is 2.19. The quantitative estimate of drug-likeness (QED) is 0.450. The van der Waals surface area contributed by atoms with E-state index in [-0.39, 0.29) is 5.82 Å². The van der Waals surface area contributed by atoms with Gasteiger partial charge >= 0.3 is 0 Å². The first-order valence-corrected chi connectivity index (χ1v) is 7.80. The van der Waals surface area contributed by atoms with Crippen molar-refractivity contribution in [1.29, 1.82) is 0 Å². The Morgan fingerprint density at radius 2 is 1.57 bits per heavy atom. The van der Waals surface area contributed by atoms with Crippen molar-refractivity contribution < 1.29 is 4.39 Å². The number of fused-ring (bicyclic) bond motifs is 5. The van der Waals surface area contributed by atoms with Crippen LogP contribution in [0.1, 0.15) is 42.4 Å². The lowest BCUT2D eigenvalue weighted by Crippen LogP contribution is -2.07. The summed E-state index contributed by atoms with van der Waals surface area (Å²) < 4.78 is 13.8. The van der Waals surface area contributed by atoms with Crippen LogP contribution in [-0.4, -0.2) is 0 Å². The first kappa shape index (κ1) is 12.8. The third-order valence-electron chi connectivity index (χ3n) is 5.11. The first-order chi connectivity index (χ1) is 10.2. The topological polar surface area (TPSA) is 0 Å². The fourth-order valence-corrected chi connectivity index (χ4v) is 3.96. The molecule has 106 valence electrons. The van der Waals surface area contributed by atoms with E-state index in [1.807, 2.05) is 13.0 Å². The molecule has 0 amide bonds. The Balaban J connectivity index is 2.14. The third kappa shape index (κ3) is 1.80. The molecule has 1 atom stereocenters. The van der Waals surface area contributed by atoms with Crippen molar-refractivity contribution in [2.45, 2.75) is 39.0 Å². The van der Waals surface area contributed by atoms with Crippen LogP contribution in [0.2, 0.25) is 0 Å². The summed E-state index contributed by atoms with van der Waals surface area (Å²) in [7, 11) is 0. The van der Waals surface area contributed by atoms with Gasteiger partial charge < -0.3 is 0 Å². The Bertz CT molecular complexity index is 861. The lowest BCUT2D eigenvalue weighted by atomic mass is 9.80. The van der Waals surface area contributed by atoms with Gasteiger partial charge in [-0.1, -0.05) is 37.3 Å². The molecule has 0 aromatic heterocycles. The van der Waals surface area contributed by atoms with Gasteiger partial charge in [0.25, 0.3) is 0 Å². The molecule has 3 aromatic carbocycles. The first-order valence-electron chi connectivity index (χ1n) is 7.80. The van der Waals surface area contributed by atoms with E-state index in [0.717, 1.165) is 10.9 Å². The maximum atomic E-state index is 13.8. The molecule has 0 aliphatic heterocycles. The molecule has 0 nitrogen and oxygen atoms in total. The van der Waals surface area contributed by atoms with E-state index in [0.29, 0.717) is 5.92 Å². The number of hydrogen-bond donors (Lipinski definition) is 0. The van der Waals surface area contributed by atoms with Crippen LogP contribution in [0, 0.1) is 12.7 Å². The molecule has 0 saturated carbocycles. The molecule has 21 heavy (non-hydrogen) atoms. The highest BCUT2D eigenvalue weighted by molar-refractivity contribution is 6.09. The second-order valence-electron chi connectivity index (χ2n) is 6.36. The van der Waals surface area contributed by atoms with E-state index in [1.54, 1.807) is 6.07 Å². The average Bonchev–Trinajstić information content (AvgIpc) is 2.50. The minimum atomic E-state index is -0.117. The van der Waals surface area contributed by atoms with E-state index in [9.17, 15) is 4.39 Å². The second kappa shape index (κ2) is 4.56. The zero-order valence-electron chi connectivity index (χ0n) is 12.5. The zero-order chi connectivity index (χ0) is 14.6. The zero-order valence-corrected chi connectivity index (χ0v) is 12.5. The van der Waals surface area contributed by atoms with Gasteiger partial charge in [-0.05, 0) is 76.4 Å². The van der Waals surface area contributed by atoms with Crippen molar-refractivity contribution in [3.63, 3.8) is 0 Å². The Hall–Kier alpha value is -1.89. The monoisotopic (exact) mass is 278 g/mol. The molecule has 1 unspecified atom stereocenters. The van der Waals surface area contributed by atoms with Crippen molar-refractivity contribution in [3.05, 3.63) is 58.9 Å². The largest absolute Gasteiger partial charge is 0.207 e. The predicted molar refractivity (Wildman–Crippen MR) is 87.5 cm³/mol. The fourth-order valence-electron chi connectivity index (χ4n) is 3.96. The minimum absolute atomic E-state index is 0.117. The number of aryl methyl sites for hydroxylation is 2. The van der Waals surface area contributed by atoms with Gasteiger partial charge in [0, 0.05) is 0 Å². The summed E-state index contributed by atoms with van der Waals surface area (Å²) in [6, 6.07) is 12.3. The van der Waals surface area contributed by atoms with Crippen molar-refractivity contribution in [1.82, 2.24) is 0 Å². The van der Waals surface area contributed by atoms with E-state index in [4.69, 9.17) is 0 Å². The lowest BCUT2D eigenvalue weighted by molar-refractivity contribution is 0.595. The molecule has 0 fully saturated rings. The van der Waals surface area contributed by atoms with Crippen LogP contribution >= 0.6 is 0 Å². The van der Waals surface area contributed by atoms with Crippen molar-refractivity contribution >= 4 is 21.5 Å². The SMILES string of the molecule is Cc1c(F)ccc2c1ccc1c3c(ccc12)CCCC3C. The summed E-state index contributed by atoms with van der Waals surface area (Å²) in [5.41, 5.74) is 3.77. The summed E-state index contributed by atoms with van der Waals surface area (Å²) in [6.45, 7) is 4.20. The maximum absolute atomic E-state index is 13.8. The number of hydrogen-bond acceptors (Lipinski definition) is 0. The molecule has 1 aliphatic rings. The van der Waals surface area contributed by atoms with Crippen LogP contribution in [0.3, 0.4) is 0 Å². The summed E-state index contributed by atoms with van der Waals surface area (Å²) in [4.78, 5) is 0. The summed E-state index contributed by atoms with van der Waals surface area (Å²) in [5, 5.41) is 4.83. The molecule has 0 spiro atoms. The van der Waals surface area contributed by atoms with Crippen LogP contribution in [0.15, 0.2) is 36.4 Å². The Kier molecular flexibility index (Phi) is 2.78. The van der Waals surface area contributed by atoms with Crippen LogP contribution in [-0.2, 0) is 6.42 Å². The standard InChI is InChI=1S/C20H19F/c1-12-4-3-5-14-6-7-17-16-10-11-19(21)13(2)15(16)8-9-18(17)20(12)14/h6-12H,3-5H2,1-2H3. The summed E-state index contributed by atoms with van der Waals surface area (Å²) in [5.74, 6) is 0.504. The van der Waals surface area contributed by atoms with Gasteiger partial charge in [0.05, 0.1) is 0 Å². The van der Waals surface area contributed by atoms with Crippen LogP contribution in [0.25, 0.3) is 21.5 Å². The van der Waals surface area contributed by atoms with Crippen LogP contribution in [0.4, 0.5) is 4.39 Å². The average molecular weight is 278 g/mol. The molecule has 4 rings (SSSR count). The van der Waals surface area contributed by atoms with Crippen molar-refractivity contribution in [2.24, 2.45) is 0 Å². The lowest BCUT2D eigenvalue weighted by Gasteiger charge is -2.24. The van der Waals surface area contributed by atoms with Gasteiger partial charge in [0.1, 0.15) is 5.82 Å². The smallest absolute Gasteiger partial charge is 0.126 e. The van der Waals surface area contributed by atoms with Gasteiger partial charge in [-0.3, -0.25) is 0 Å². The molecule has 0 bridgehead atoms. The molecular weight excluding hydrogens is 259 g/mol. The molecule has 0 heterocycles. The van der Waals surface area contributed by atoms with Crippen molar-refractivity contribution in [2.75, 3.05) is 0 Å². The van der Waals surface area contributed by atoms with Crippen molar-refractivity contribution in [3.8, 4) is 0 Å². The Labute approximate surface area is 124 Å². The minimum Gasteiger partial charge on any atom is -0.207 e. The molecule has 0 radical (unpaired) electrons. The van der Waals surface area contributed by atoms with E-state index >= 15 is 0 Å². The highest BCUT2D eigenvalue weighted by Crippen LogP contribution is 2.39. The van der Waals surface area contributed by atoms with Gasteiger partial charge in [-0.15, -0.1) is 0 Å². The summed E-state index contributed by atoms with van der Waals surface area (Å²) >= 11 is 0. The van der Waals surface area contributed by atoms with Gasteiger partial charge in [-0.25, -0.2) is 4.39 Å². The molecule has 1 aliphatic carbocycles. The predicted octanol–water partition coefficient (Wildman–Crippen LogP) is 5.88. The third-order valence-corrected chi connectivity index (χ3v) is 5.11. The number of rotatable bonds is 0. The molecule has 1 heteroatoms. The Morgan fingerprint density at radius 3 is 2.43 bits per heavy atom. The van der Waals surface area contributed by atoms with Gasteiger partial charge in [0.15, 0.2) is 0 Å². The number of benzene rings is 3. The molecule has 3 aromatic rings.